The Bertz CT molecular complexity index is 404. The fourth-order valence-electron chi connectivity index (χ4n) is 3.11. The first-order valence-corrected chi connectivity index (χ1v) is 7.82. The maximum Gasteiger partial charge on any atom is 0.0431 e. The summed E-state index contributed by atoms with van der Waals surface area (Å²) < 4.78 is 0. The third-order valence-electron chi connectivity index (χ3n) is 4.32. The summed E-state index contributed by atoms with van der Waals surface area (Å²) in [7, 11) is 1.87. The van der Waals surface area contributed by atoms with E-state index in [1.54, 1.807) is 0 Å². The normalized spacial score (nSPS) is 23.9. The van der Waals surface area contributed by atoms with Crippen LogP contribution < -0.4 is 5.32 Å². The third-order valence-corrected chi connectivity index (χ3v) is 4.32. The molecular weight excluding hydrogens is 244 g/mol. The van der Waals surface area contributed by atoms with Gasteiger partial charge in [0.2, 0.25) is 0 Å². The molecule has 0 aromatic carbocycles. The summed E-state index contributed by atoms with van der Waals surface area (Å²) in [5.74, 6) is 0. The number of hydrogen-bond acceptors (Lipinski definition) is 2. The molecule has 0 aliphatic carbocycles. The van der Waals surface area contributed by atoms with E-state index in [2.05, 4.69) is 43.4 Å². The van der Waals surface area contributed by atoms with E-state index < -0.39 is 0 Å². The van der Waals surface area contributed by atoms with Gasteiger partial charge in [-0.3, -0.25) is 4.99 Å². The van der Waals surface area contributed by atoms with E-state index in [0.717, 1.165) is 37.2 Å². The molecule has 0 fully saturated rings. The Morgan fingerprint density at radius 2 is 2.20 bits per heavy atom. The van der Waals surface area contributed by atoms with Gasteiger partial charge >= 0.3 is 0 Å². The molecule has 0 spiro atoms. The first-order valence-electron chi connectivity index (χ1n) is 7.82. The summed E-state index contributed by atoms with van der Waals surface area (Å²) in [4.78, 5) is 4.41. The summed E-state index contributed by atoms with van der Waals surface area (Å²) >= 11 is 0. The Morgan fingerprint density at radius 1 is 1.45 bits per heavy atom. The average Bonchev–Trinajstić information content (AvgIpc) is 2.61. The Kier molecular flexibility index (Phi) is 6.77. The lowest BCUT2D eigenvalue weighted by Gasteiger charge is -2.32. The van der Waals surface area contributed by atoms with Gasteiger partial charge in [-0.15, -0.1) is 6.58 Å². The van der Waals surface area contributed by atoms with Crippen molar-refractivity contribution < 1.29 is 0 Å². The summed E-state index contributed by atoms with van der Waals surface area (Å²) in [5, 5.41) is 3.55. The molecule has 0 saturated carbocycles. The molecule has 1 N–H and O–H groups in total. The first-order chi connectivity index (χ1) is 9.62. The van der Waals surface area contributed by atoms with Gasteiger partial charge in [0, 0.05) is 30.6 Å². The van der Waals surface area contributed by atoms with Crippen molar-refractivity contribution in [1.29, 1.82) is 0 Å². The molecule has 0 aromatic heterocycles. The van der Waals surface area contributed by atoms with Crippen molar-refractivity contribution in [3.05, 3.63) is 36.6 Å². The summed E-state index contributed by atoms with van der Waals surface area (Å²) in [6.45, 7) is 13.5. The quantitative estimate of drug-likeness (QED) is 0.530. The summed E-state index contributed by atoms with van der Waals surface area (Å²) in [6.07, 6.45) is 11.2. The third kappa shape index (κ3) is 4.09. The number of allylic oxidation sites excluding steroid dienone is 3. The molecule has 0 aromatic rings. The number of aliphatic imine (C=N–C) groups is 1. The van der Waals surface area contributed by atoms with Gasteiger partial charge in [0.25, 0.3) is 0 Å². The van der Waals surface area contributed by atoms with Gasteiger partial charge in [0.1, 0.15) is 0 Å². The van der Waals surface area contributed by atoms with E-state index >= 15 is 0 Å². The van der Waals surface area contributed by atoms with E-state index in [-0.39, 0.29) is 0 Å². The lowest BCUT2D eigenvalue weighted by molar-refractivity contribution is 0.241. The molecule has 0 saturated heterocycles. The predicted octanol–water partition coefficient (Wildman–Crippen LogP) is 4.65. The van der Waals surface area contributed by atoms with Crippen molar-refractivity contribution >= 4 is 5.71 Å². The van der Waals surface area contributed by atoms with Crippen LogP contribution in [0.2, 0.25) is 0 Å². The Morgan fingerprint density at radius 3 is 2.75 bits per heavy atom. The Labute approximate surface area is 124 Å². The van der Waals surface area contributed by atoms with Crippen LogP contribution in [0.1, 0.15) is 52.4 Å². The van der Waals surface area contributed by atoms with Crippen molar-refractivity contribution in [1.82, 2.24) is 5.32 Å². The lowest BCUT2D eigenvalue weighted by atomic mass is 9.76. The SMILES string of the molecule is C=CCCC1(CCC)CC=C(C(CC)=NC)C(=C)NC1. The second-order valence-electron chi connectivity index (χ2n) is 5.76. The fourth-order valence-corrected chi connectivity index (χ4v) is 3.11. The van der Waals surface area contributed by atoms with Gasteiger partial charge in [-0.25, -0.2) is 0 Å². The van der Waals surface area contributed by atoms with Crippen LogP contribution in [0.3, 0.4) is 0 Å². The van der Waals surface area contributed by atoms with Crippen LogP contribution in [0.15, 0.2) is 41.6 Å². The first kappa shape index (κ1) is 16.7. The summed E-state index contributed by atoms with van der Waals surface area (Å²) in [6, 6.07) is 0. The summed E-state index contributed by atoms with van der Waals surface area (Å²) in [5.41, 5.74) is 3.73. The zero-order valence-electron chi connectivity index (χ0n) is 13.5. The standard InChI is InChI=1S/C18H30N2/c1-6-9-12-18(11-7-2)13-10-16(15(4)20-14-18)17(8-3)19-5/h6,10,20H,1,4,7-9,11-14H2,2-3,5H3. The minimum absolute atomic E-state index is 0.334. The number of rotatable bonds is 7. The van der Waals surface area contributed by atoms with E-state index in [0.29, 0.717) is 5.41 Å². The van der Waals surface area contributed by atoms with Crippen LogP contribution in [0.25, 0.3) is 0 Å². The van der Waals surface area contributed by atoms with E-state index in [1.807, 2.05) is 13.1 Å². The second-order valence-corrected chi connectivity index (χ2v) is 5.76. The molecule has 1 unspecified atom stereocenters. The molecule has 1 heterocycles. The van der Waals surface area contributed by atoms with Crippen molar-refractivity contribution in [2.24, 2.45) is 10.4 Å². The van der Waals surface area contributed by atoms with Crippen molar-refractivity contribution in [3.8, 4) is 0 Å². The molecule has 1 rings (SSSR count). The zero-order valence-corrected chi connectivity index (χ0v) is 13.5. The zero-order chi connectivity index (χ0) is 15.0. The molecule has 2 heteroatoms. The highest BCUT2D eigenvalue weighted by Crippen LogP contribution is 2.37. The Balaban J connectivity index is 2.99. The monoisotopic (exact) mass is 274 g/mol. The molecule has 0 amide bonds. The van der Waals surface area contributed by atoms with Gasteiger partial charge in [-0.1, -0.05) is 39.0 Å². The van der Waals surface area contributed by atoms with Gasteiger partial charge in [-0.05, 0) is 37.5 Å². The van der Waals surface area contributed by atoms with E-state index in [1.165, 1.54) is 24.8 Å². The maximum absolute atomic E-state index is 4.41. The Hall–Kier alpha value is -1.31. The minimum Gasteiger partial charge on any atom is -0.384 e. The average molecular weight is 274 g/mol. The van der Waals surface area contributed by atoms with Crippen molar-refractivity contribution in [2.45, 2.75) is 52.4 Å². The van der Waals surface area contributed by atoms with Crippen LogP contribution in [-0.2, 0) is 0 Å². The predicted molar refractivity (Wildman–Crippen MR) is 90.3 cm³/mol. The van der Waals surface area contributed by atoms with Crippen LogP contribution in [0.5, 0.6) is 0 Å². The van der Waals surface area contributed by atoms with E-state index in [4.69, 9.17) is 0 Å². The second kappa shape index (κ2) is 8.08. The van der Waals surface area contributed by atoms with Crippen LogP contribution in [0, 0.1) is 5.41 Å². The molecule has 112 valence electrons. The highest BCUT2D eigenvalue weighted by atomic mass is 14.9. The smallest absolute Gasteiger partial charge is 0.0431 e. The van der Waals surface area contributed by atoms with Crippen LogP contribution >= 0.6 is 0 Å². The van der Waals surface area contributed by atoms with Gasteiger partial charge < -0.3 is 5.32 Å². The number of nitrogens with zero attached hydrogens (tertiary/aromatic N) is 1. The molecule has 2 nitrogen and oxygen atoms in total. The van der Waals surface area contributed by atoms with Crippen LogP contribution in [-0.4, -0.2) is 19.3 Å². The molecule has 0 radical (unpaired) electrons. The van der Waals surface area contributed by atoms with Crippen molar-refractivity contribution in [2.75, 3.05) is 13.6 Å². The topological polar surface area (TPSA) is 24.4 Å². The fraction of sp³-hybridized carbons (Fsp3) is 0.611. The molecule has 1 aliphatic rings. The maximum atomic E-state index is 4.41. The van der Waals surface area contributed by atoms with Crippen molar-refractivity contribution in [3.63, 3.8) is 0 Å². The van der Waals surface area contributed by atoms with Gasteiger partial charge in [-0.2, -0.15) is 0 Å². The molecule has 1 atom stereocenters. The van der Waals surface area contributed by atoms with E-state index in [9.17, 15) is 0 Å². The largest absolute Gasteiger partial charge is 0.384 e. The highest BCUT2D eigenvalue weighted by Gasteiger charge is 2.30. The molecular formula is C18H30N2. The highest BCUT2D eigenvalue weighted by molar-refractivity contribution is 6.03. The lowest BCUT2D eigenvalue weighted by Crippen LogP contribution is -2.32. The minimum atomic E-state index is 0.334. The molecule has 1 aliphatic heterocycles. The number of hydrogen-bond donors (Lipinski definition) is 1. The van der Waals surface area contributed by atoms with Crippen LogP contribution in [0.4, 0.5) is 0 Å². The van der Waals surface area contributed by atoms with Gasteiger partial charge in [0.15, 0.2) is 0 Å². The molecule has 0 bridgehead atoms. The number of nitrogens with one attached hydrogen (secondary N) is 1. The van der Waals surface area contributed by atoms with Gasteiger partial charge in [0.05, 0.1) is 0 Å². The molecule has 20 heavy (non-hydrogen) atoms.